The molecule has 186 valence electrons. The van der Waals surface area contributed by atoms with Gasteiger partial charge in [-0.2, -0.15) is 0 Å². The highest BCUT2D eigenvalue weighted by Gasteiger charge is 2.34. The van der Waals surface area contributed by atoms with Crippen molar-refractivity contribution in [1.29, 1.82) is 0 Å². The molecule has 5 rings (SSSR count). The molecule has 3 heterocycles. The Bertz CT molecular complexity index is 1360. The van der Waals surface area contributed by atoms with Crippen LogP contribution in [0.4, 0.5) is 5.82 Å². The second kappa shape index (κ2) is 9.56. The van der Waals surface area contributed by atoms with Gasteiger partial charge in [0.2, 0.25) is 5.91 Å². The van der Waals surface area contributed by atoms with E-state index in [0.29, 0.717) is 11.6 Å². The smallest absolute Gasteiger partial charge is 0.341 e. The van der Waals surface area contributed by atoms with E-state index in [0.717, 1.165) is 42.6 Å². The lowest BCUT2D eigenvalue weighted by Crippen LogP contribution is -2.43. The van der Waals surface area contributed by atoms with Gasteiger partial charge in [0.05, 0.1) is 17.6 Å². The van der Waals surface area contributed by atoms with Gasteiger partial charge in [-0.05, 0) is 57.6 Å². The predicted molar refractivity (Wildman–Crippen MR) is 136 cm³/mol. The van der Waals surface area contributed by atoms with Gasteiger partial charge in [0, 0.05) is 42.3 Å². The van der Waals surface area contributed by atoms with E-state index in [-0.39, 0.29) is 29.2 Å². The molecule has 1 amide bonds. The van der Waals surface area contributed by atoms with Gasteiger partial charge in [0.25, 0.3) is 0 Å². The zero-order chi connectivity index (χ0) is 25.4. The first-order valence-corrected chi connectivity index (χ1v) is 12.4. The fraction of sp³-hybridized carbons (Fsp3) is 0.370. The number of fused-ring (bicyclic) bond motifs is 1. The average molecular weight is 487 g/mol. The number of hydrogen-bond donors (Lipinski definition) is 1. The Morgan fingerprint density at radius 1 is 1.08 bits per heavy atom. The van der Waals surface area contributed by atoms with E-state index < -0.39 is 5.97 Å². The summed E-state index contributed by atoms with van der Waals surface area (Å²) in [6.07, 6.45) is 12.3. The molecule has 1 aliphatic rings. The number of imidazole rings is 1. The molecule has 9 heteroatoms. The summed E-state index contributed by atoms with van der Waals surface area (Å²) in [5.74, 6) is -0.438. The van der Waals surface area contributed by atoms with Crippen LogP contribution in [0.2, 0.25) is 0 Å². The molecular weight excluding hydrogens is 456 g/mol. The highest BCUT2D eigenvalue weighted by Crippen LogP contribution is 2.33. The second-order valence-corrected chi connectivity index (χ2v) is 9.89. The van der Waals surface area contributed by atoms with Crippen molar-refractivity contribution in [3.05, 3.63) is 60.8 Å². The highest BCUT2D eigenvalue weighted by atomic mass is 16.4. The molecule has 0 atom stereocenters. The van der Waals surface area contributed by atoms with E-state index in [1.54, 1.807) is 17.3 Å². The molecule has 1 aliphatic carbocycles. The molecule has 0 unspecified atom stereocenters. The first kappa shape index (κ1) is 23.7. The minimum absolute atomic E-state index is 0.0122. The van der Waals surface area contributed by atoms with Gasteiger partial charge < -0.3 is 9.51 Å². The summed E-state index contributed by atoms with van der Waals surface area (Å²) in [6, 6.07) is 7.35. The van der Waals surface area contributed by atoms with E-state index in [2.05, 4.69) is 22.0 Å². The Labute approximate surface area is 209 Å². The summed E-state index contributed by atoms with van der Waals surface area (Å²) in [5.41, 5.74) is 3.18. The third-order valence-electron chi connectivity index (χ3n) is 6.96. The van der Waals surface area contributed by atoms with Gasteiger partial charge in [0.1, 0.15) is 5.56 Å². The van der Waals surface area contributed by atoms with Gasteiger partial charge in [-0.1, -0.05) is 19.1 Å². The number of carbonyl (C=O) groups excluding carboxylic acids is 1. The van der Waals surface area contributed by atoms with Gasteiger partial charge in [0.15, 0.2) is 11.5 Å². The van der Waals surface area contributed by atoms with E-state index in [1.807, 2.05) is 54.9 Å². The van der Waals surface area contributed by atoms with E-state index in [4.69, 9.17) is 0 Å². The van der Waals surface area contributed by atoms with Gasteiger partial charge >= 0.3 is 5.97 Å². The number of anilines is 1. The third-order valence-corrected chi connectivity index (χ3v) is 6.96. The number of amides is 1. The number of carboxylic acids is 1. The number of rotatable bonds is 6. The Morgan fingerprint density at radius 2 is 1.81 bits per heavy atom. The first-order chi connectivity index (χ1) is 17.3. The Balaban J connectivity index is 1.46. The molecule has 9 nitrogen and oxygen atoms in total. The lowest BCUT2D eigenvalue weighted by atomic mass is 9.82. The van der Waals surface area contributed by atoms with Crippen LogP contribution in [-0.4, -0.2) is 47.2 Å². The van der Waals surface area contributed by atoms with Crippen molar-refractivity contribution in [3.63, 3.8) is 0 Å². The molecular formula is C27H30N6O3. The number of nitrogens with zero attached hydrogens (tertiary/aromatic N) is 6. The number of benzene rings is 1. The van der Waals surface area contributed by atoms with Crippen molar-refractivity contribution < 1.29 is 14.7 Å². The number of carbonyl (C=O) groups is 2. The highest BCUT2D eigenvalue weighted by molar-refractivity contribution is 6.01. The molecule has 0 radical (unpaired) electrons. The van der Waals surface area contributed by atoms with Crippen LogP contribution in [-0.2, 0) is 4.79 Å². The fourth-order valence-electron chi connectivity index (χ4n) is 4.90. The van der Waals surface area contributed by atoms with Crippen molar-refractivity contribution in [3.8, 4) is 16.9 Å². The summed E-state index contributed by atoms with van der Waals surface area (Å²) in [6.45, 7) is 6.00. The van der Waals surface area contributed by atoms with Crippen LogP contribution in [0, 0.1) is 11.8 Å². The lowest BCUT2D eigenvalue weighted by molar-refractivity contribution is -0.124. The van der Waals surface area contributed by atoms with Crippen LogP contribution in [0.25, 0.3) is 22.6 Å². The molecule has 0 bridgehead atoms. The molecule has 0 saturated heterocycles. The zero-order valence-electron chi connectivity index (χ0n) is 20.7. The maximum atomic E-state index is 13.5. The SMILES string of the molecule is CC1CCC(C(=O)N(c2nn(-c3ccc(-c4cn5ccncc5n4)cc3)cc2C(=O)O)C(C)C)CC1. The second-order valence-electron chi connectivity index (χ2n) is 9.89. The molecule has 1 aromatic carbocycles. The van der Waals surface area contributed by atoms with Crippen molar-refractivity contribution in [2.45, 2.75) is 52.5 Å². The summed E-state index contributed by atoms with van der Waals surface area (Å²) in [7, 11) is 0. The number of hydrogen-bond acceptors (Lipinski definition) is 5. The Morgan fingerprint density at radius 3 is 2.44 bits per heavy atom. The van der Waals surface area contributed by atoms with Crippen LogP contribution >= 0.6 is 0 Å². The molecule has 1 saturated carbocycles. The monoisotopic (exact) mass is 486 g/mol. The maximum absolute atomic E-state index is 13.5. The lowest BCUT2D eigenvalue weighted by Gasteiger charge is -2.32. The topological polar surface area (TPSA) is 106 Å². The predicted octanol–water partition coefficient (Wildman–Crippen LogP) is 4.85. The van der Waals surface area contributed by atoms with Crippen LogP contribution in [0.5, 0.6) is 0 Å². The Hall–Kier alpha value is -4.01. The average Bonchev–Trinajstić information content (AvgIpc) is 3.49. The minimum Gasteiger partial charge on any atom is -0.477 e. The molecule has 0 aliphatic heterocycles. The number of aromatic carboxylic acids is 1. The normalized spacial score (nSPS) is 18.0. The first-order valence-electron chi connectivity index (χ1n) is 12.4. The van der Waals surface area contributed by atoms with Gasteiger partial charge in [-0.3, -0.25) is 14.7 Å². The van der Waals surface area contributed by atoms with Crippen molar-refractivity contribution in [2.24, 2.45) is 11.8 Å². The van der Waals surface area contributed by atoms with Crippen molar-refractivity contribution in [2.75, 3.05) is 4.90 Å². The zero-order valence-corrected chi connectivity index (χ0v) is 20.7. The van der Waals surface area contributed by atoms with E-state index >= 15 is 0 Å². The summed E-state index contributed by atoms with van der Waals surface area (Å²) < 4.78 is 3.43. The maximum Gasteiger partial charge on any atom is 0.341 e. The van der Waals surface area contributed by atoms with Crippen molar-refractivity contribution in [1.82, 2.24) is 24.1 Å². The van der Waals surface area contributed by atoms with E-state index in [1.165, 1.54) is 10.9 Å². The summed E-state index contributed by atoms with van der Waals surface area (Å²) in [5, 5.41) is 14.5. The van der Waals surface area contributed by atoms with Crippen molar-refractivity contribution >= 4 is 23.3 Å². The van der Waals surface area contributed by atoms with Gasteiger partial charge in [-0.25, -0.2) is 14.5 Å². The largest absolute Gasteiger partial charge is 0.477 e. The molecule has 0 spiro atoms. The molecule has 36 heavy (non-hydrogen) atoms. The van der Waals surface area contributed by atoms with Crippen LogP contribution in [0.15, 0.2) is 55.2 Å². The standard InChI is InChI=1S/C27H30N6O3/c1-17(2)33(26(34)20-6-4-18(3)5-7-20)25-22(27(35)36)15-32(30-25)21-10-8-19(9-11-21)23-16-31-13-12-28-14-24(31)29-23/h8-18,20H,4-7H2,1-3H3,(H,35,36). The van der Waals surface area contributed by atoms with Crippen LogP contribution < -0.4 is 4.90 Å². The fourth-order valence-corrected chi connectivity index (χ4v) is 4.90. The third kappa shape index (κ3) is 4.48. The molecule has 1 fully saturated rings. The molecule has 3 aromatic heterocycles. The molecule has 1 N–H and O–H groups in total. The number of carboxylic acid groups (broad SMARTS) is 1. The van der Waals surface area contributed by atoms with Gasteiger partial charge in [-0.15, -0.1) is 5.10 Å². The molecule has 4 aromatic rings. The quantitative estimate of drug-likeness (QED) is 0.418. The van der Waals surface area contributed by atoms with E-state index in [9.17, 15) is 14.7 Å². The van der Waals surface area contributed by atoms with Crippen LogP contribution in [0.3, 0.4) is 0 Å². The van der Waals surface area contributed by atoms with Crippen LogP contribution in [0.1, 0.15) is 56.8 Å². The Kier molecular flexibility index (Phi) is 6.30. The minimum atomic E-state index is -1.11. The number of aromatic nitrogens is 5. The summed E-state index contributed by atoms with van der Waals surface area (Å²) in [4.78, 5) is 35.9. The summed E-state index contributed by atoms with van der Waals surface area (Å²) >= 11 is 0.